The first-order valence-corrected chi connectivity index (χ1v) is 8.94. The smallest absolute Gasteiger partial charge is 0.213 e. The third kappa shape index (κ3) is 6.21. The molecule has 1 N–H and O–H groups in total. The van der Waals surface area contributed by atoms with E-state index in [-0.39, 0.29) is 5.75 Å². The lowest BCUT2D eigenvalue weighted by Gasteiger charge is -2.17. The second-order valence-electron chi connectivity index (χ2n) is 5.74. The quantitative estimate of drug-likeness (QED) is 0.572. The molecule has 0 radical (unpaired) electrons. The molecule has 0 spiro atoms. The van der Waals surface area contributed by atoms with E-state index < -0.39 is 10.0 Å². The SMILES string of the molecule is CN(CCOCC1CC1)S(=O)(=O)CCCNC1CC1. The van der Waals surface area contributed by atoms with Crippen molar-refractivity contribution in [2.45, 2.75) is 38.1 Å². The van der Waals surface area contributed by atoms with E-state index in [0.717, 1.165) is 19.1 Å². The summed E-state index contributed by atoms with van der Waals surface area (Å²) in [6, 6.07) is 0.649. The summed E-state index contributed by atoms with van der Waals surface area (Å²) in [6.07, 6.45) is 5.70. The summed E-state index contributed by atoms with van der Waals surface area (Å²) in [5, 5.41) is 3.33. The summed E-state index contributed by atoms with van der Waals surface area (Å²) in [5.74, 6) is 0.960. The fourth-order valence-corrected chi connectivity index (χ4v) is 3.04. The van der Waals surface area contributed by atoms with Crippen molar-refractivity contribution in [1.82, 2.24) is 9.62 Å². The first-order valence-electron chi connectivity index (χ1n) is 7.33. The van der Waals surface area contributed by atoms with Gasteiger partial charge in [-0.3, -0.25) is 0 Å². The Bertz CT molecular complexity index is 364. The van der Waals surface area contributed by atoms with Crippen molar-refractivity contribution < 1.29 is 13.2 Å². The van der Waals surface area contributed by atoms with Crippen molar-refractivity contribution >= 4 is 10.0 Å². The highest BCUT2D eigenvalue weighted by atomic mass is 32.2. The minimum absolute atomic E-state index is 0.228. The number of ether oxygens (including phenoxy) is 1. The molecule has 0 aromatic heterocycles. The van der Waals surface area contributed by atoms with Crippen molar-refractivity contribution in [3.8, 4) is 0 Å². The predicted molar refractivity (Wildman–Crippen MR) is 75.6 cm³/mol. The largest absolute Gasteiger partial charge is 0.380 e. The molecule has 0 aromatic carbocycles. The molecule has 5 nitrogen and oxygen atoms in total. The molecule has 0 saturated heterocycles. The molecular weight excluding hydrogens is 264 g/mol. The minimum Gasteiger partial charge on any atom is -0.380 e. The van der Waals surface area contributed by atoms with Gasteiger partial charge in [0.2, 0.25) is 10.0 Å². The van der Waals surface area contributed by atoms with E-state index in [4.69, 9.17) is 4.74 Å². The highest BCUT2D eigenvalue weighted by molar-refractivity contribution is 7.89. The standard InChI is InChI=1S/C13H26N2O3S/c1-15(8-9-18-11-12-3-4-12)19(16,17)10-2-7-14-13-5-6-13/h12-14H,2-11H2,1H3. The van der Waals surface area contributed by atoms with Crippen LogP contribution in [-0.2, 0) is 14.8 Å². The third-order valence-electron chi connectivity index (χ3n) is 3.67. The van der Waals surface area contributed by atoms with Gasteiger partial charge in [-0.15, -0.1) is 0 Å². The van der Waals surface area contributed by atoms with Gasteiger partial charge in [-0.05, 0) is 44.6 Å². The number of hydrogen-bond donors (Lipinski definition) is 1. The second kappa shape index (κ2) is 7.02. The van der Waals surface area contributed by atoms with E-state index in [9.17, 15) is 8.42 Å². The molecule has 2 rings (SSSR count). The minimum atomic E-state index is -3.11. The van der Waals surface area contributed by atoms with Crippen LogP contribution in [-0.4, -0.2) is 57.9 Å². The zero-order chi connectivity index (χ0) is 13.7. The molecule has 2 aliphatic carbocycles. The molecule has 0 bridgehead atoms. The molecule has 0 unspecified atom stereocenters. The van der Waals surface area contributed by atoms with Gasteiger partial charge < -0.3 is 10.1 Å². The Kier molecular flexibility index (Phi) is 5.62. The normalized spacial score (nSPS) is 20.1. The highest BCUT2D eigenvalue weighted by Crippen LogP contribution is 2.28. The molecule has 2 aliphatic rings. The lowest BCUT2D eigenvalue weighted by molar-refractivity contribution is 0.117. The third-order valence-corrected chi connectivity index (χ3v) is 5.60. The van der Waals surface area contributed by atoms with Gasteiger partial charge in [-0.2, -0.15) is 0 Å². The van der Waals surface area contributed by atoms with E-state index in [0.29, 0.717) is 25.6 Å². The number of rotatable bonds is 11. The van der Waals surface area contributed by atoms with Gasteiger partial charge in [0, 0.05) is 26.2 Å². The summed E-state index contributed by atoms with van der Waals surface area (Å²) in [5.41, 5.74) is 0. The van der Waals surface area contributed by atoms with Crippen molar-refractivity contribution in [2.24, 2.45) is 5.92 Å². The maximum Gasteiger partial charge on any atom is 0.213 e. The second-order valence-corrected chi connectivity index (χ2v) is 7.93. The van der Waals surface area contributed by atoms with Crippen LogP contribution >= 0.6 is 0 Å². The van der Waals surface area contributed by atoms with Crippen LogP contribution in [0.1, 0.15) is 32.1 Å². The average Bonchev–Trinajstić information content (AvgIpc) is 3.24. The Labute approximate surface area is 116 Å². The lowest BCUT2D eigenvalue weighted by Crippen LogP contribution is -2.33. The van der Waals surface area contributed by atoms with Crippen molar-refractivity contribution in [3.05, 3.63) is 0 Å². The highest BCUT2D eigenvalue weighted by Gasteiger charge is 2.22. The van der Waals surface area contributed by atoms with Crippen LogP contribution in [0.3, 0.4) is 0 Å². The van der Waals surface area contributed by atoms with Gasteiger partial charge in [0.25, 0.3) is 0 Å². The van der Waals surface area contributed by atoms with Gasteiger partial charge in [-0.1, -0.05) is 0 Å². The van der Waals surface area contributed by atoms with E-state index in [1.165, 1.54) is 30.0 Å². The summed E-state index contributed by atoms with van der Waals surface area (Å²) in [4.78, 5) is 0. The Hall–Kier alpha value is -0.170. The molecule has 6 heteroatoms. The Morgan fingerprint density at radius 3 is 2.63 bits per heavy atom. The van der Waals surface area contributed by atoms with Crippen LogP contribution in [0.15, 0.2) is 0 Å². The van der Waals surface area contributed by atoms with Crippen molar-refractivity contribution in [1.29, 1.82) is 0 Å². The van der Waals surface area contributed by atoms with E-state index in [2.05, 4.69) is 5.32 Å². The number of nitrogens with one attached hydrogen (secondary N) is 1. The van der Waals surface area contributed by atoms with Crippen molar-refractivity contribution in [2.75, 3.05) is 39.1 Å². The molecular formula is C13H26N2O3S. The summed E-state index contributed by atoms with van der Waals surface area (Å²) in [6.45, 7) is 2.56. The number of hydrogen-bond acceptors (Lipinski definition) is 4. The molecule has 112 valence electrons. The molecule has 19 heavy (non-hydrogen) atoms. The zero-order valence-corrected chi connectivity index (χ0v) is 12.6. The van der Waals surface area contributed by atoms with E-state index in [1.54, 1.807) is 7.05 Å². The molecule has 0 heterocycles. The monoisotopic (exact) mass is 290 g/mol. The molecule has 0 atom stereocenters. The van der Waals surface area contributed by atoms with E-state index >= 15 is 0 Å². The lowest BCUT2D eigenvalue weighted by atomic mass is 10.5. The van der Waals surface area contributed by atoms with Crippen LogP contribution in [0.2, 0.25) is 0 Å². The van der Waals surface area contributed by atoms with Gasteiger partial charge in [0.05, 0.1) is 12.4 Å². The maximum absolute atomic E-state index is 12.0. The van der Waals surface area contributed by atoms with Crippen molar-refractivity contribution in [3.63, 3.8) is 0 Å². The summed E-state index contributed by atoms with van der Waals surface area (Å²) >= 11 is 0. The zero-order valence-electron chi connectivity index (χ0n) is 11.8. The van der Waals surface area contributed by atoms with Gasteiger partial charge in [0.15, 0.2) is 0 Å². The average molecular weight is 290 g/mol. The van der Waals surface area contributed by atoms with Crippen LogP contribution in [0, 0.1) is 5.92 Å². The first-order chi connectivity index (χ1) is 9.08. The fourth-order valence-electron chi connectivity index (χ4n) is 1.87. The summed E-state index contributed by atoms with van der Waals surface area (Å²) in [7, 11) is -1.47. The van der Waals surface area contributed by atoms with Crippen LogP contribution < -0.4 is 5.32 Å². The topological polar surface area (TPSA) is 58.6 Å². The molecule has 0 amide bonds. The molecule has 0 aromatic rings. The van der Waals surface area contributed by atoms with Crippen LogP contribution in [0.25, 0.3) is 0 Å². The molecule has 0 aliphatic heterocycles. The number of nitrogens with zero attached hydrogens (tertiary/aromatic N) is 1. The van der Waals surface area contributed by atoms with Crippen LogP contribution in [0.4, 0.5) is 0 Å². The maximum atomic E-state index is 12.0. The molecule has 2 fully saturated rings. The Balaban J connectivity index is 1.53. The number of likely N-dealkylation sites (N-methyl/N-ethyl adjacent to an activating group) is 1. The Morgan fingerprint density at radius 2 is 2.00 bits per heavy atom. The summed E-state index contributed by atoms with van der Waals surface area (Å²) < 4.78 is 30.8. The molecule has 2 saturated carbocycles. The first kappa shape index (κ1) is 15.2. The fraction of sp³-hybridized carbons (Fsp3) is 1.00. The number of sulfonamides is 1. The van der Waals surface area contributed by atoms with E-state index in [1.807, 2.05) is 0 Å². The van der Waals surface area contributed by atoms with Gasteiger partial charge in [0.1, 0.15) is 0 Å². The predicted octanol–water partition coefficient (Wildman–Crippen LogP) is 0.817. The Morgan fingerprint density at radius 1 is 1.26 bits per heavy atom. The van der Waals surface area contributed by atoms with Gasteiger partial charge >= 0.3 is 0 Å². The van der Waals surface area contributed by atoms with Gasteiger partial charge in [-0.25, -0.2) is 12.7 Å². The van der Waals surface area contributed by atoms with Crippen LogP contribution in [0.5, 0.6) is 0 Å².